The lowest BCUT2D eigenvalue weighted by Gasteiger charge is -2.26. The van der Waals surface area contributed by atoms with Crippen molar-refractivity contribution in [3.05, 3.63) is 64.8 Å². The number of aryl methyl sites for hydroxylation is 1. The SMILES string of the molecule is Cc1cc(C(=O)NCc2ccc3c(O)n(C4CCC(=O)NC4=O)cc3c2)ccc1CCN1CCOCC1. The number of morpholine rings is 1. The first-order valence-corrected chi connectivity index (χ1v) is 12.7. The summed E-state index contributed by atoms with van der Waals surface area (Å²) in [5.74, 6) is -0.869. The van der Waals surface area contributed by atoms with Crippen LogP contribution in [0.2, 0.25) is 0 Å². The molecule has 9 nitrogen and oxygen atoms in total. The van der Waals surface area contributed by atoms with Gasteiger partial charge in [0, 0.05) is 55.1 Å². The van der Waals surface area contributed by atoms with Crippen molar-refractivity contribution in [2.75, 3.05) is 32.8 Å². The Morgan fingerprint density at radius 2 is 1.97 bits per heavy atom. The summed E-state index contributed by atoms with van der Waals surface area (Å²) < 4.78 is 6.92. The van der Waals surface area contributed by atoms with Crippen LogP contribution in [-0.4, -0.2) is 65.1 Å². The van der Waals surface area contributed by atoms with Gasteiger partial charge in [-0.05, 0) is 60.7 Å². The van der Waals surface area contributed by atoms with Gasteiger partial charge in [0.15, 0.2) is 5.88 Å². The topological polar surface area (TPSA) is 113 Å². The fraction of sp³-hybridized carbons (Fsp3) is 0.393. The first-order chi connectivity index (χ1) is 17.9. The minimum atomic E-state index is -0.631. The van der Waals surface area contributed by atoms with Gasteiger partial charge >= 0.3 is 0 Å². The molecule has 2 saturated heterocycles. The lowest BCUT2D eigenvalue weighted by Crippen LogP contribution is -2.41. The van der Waals surface area contributed by atoms with Crippen LogP contribution in [0.25, 0.3) is 10.8 Å². The highest BCUT2D eigenvalue weighted by molar-refractivity contribution is 6.00. The number of aromatic nitrogens is 1. The maximum atomic E-state index is 12.8. The predicted octanol–water partition coefficient (Wildman–Crippen LogP) is 2.44. The van der Waals surface area contributed by atoms with Crippen LogP contribution in [-0.2, 0) is 27.3 Å². The Kier molecular flexibility index (Phi) is 7.25. The normalized spacial score (nSPS) is 18.7. The number of imide groups is 1. The van der Waals surface area contributed by atoms with Gasteiger partial charge in [-0.3, -0.25) is 24.6 Å². The number of ether oxygens (including phenoxy) is 1. The number of hydrogen-bond acceptors (Lipinski definition) is 6. The molecule has 1 atom stereocenters. The number of hydrogen-bond donors (Lipinski definition) is 3. The zero-order chi connectivity index (χ0) is 25.9. The molecule has 3 N–H and O–H groups in total. The third kappa shape index (κ3) is 5.52. The maximum Gasteiger partial charge on any atom is 0.251 e. The minimum Gasteiger partial charge on any atom is -0.494 e. The van der Waals surface area contributed by atoms with Crippen molar-refractivity contribution in [3.8, 4) is 5.88 Å². The molecule has 0 bridgehead atoms. The first-order valence-electron chi connectivity index (χ1n) is 12.7. The van der Waals surface area contributed by atoms with Crippen molar-refractivity contribution in [2.45, 2.75) is 38.8 Å². The van der Waals surface area contributed by atoms with Crippen molar-refractivity contribution in [2.24, 2.45) is 0 Å². The number of benzene rings is 2. The largest absolute Gasteiger partial charge is 0.494 e. The fourth-order valence-electron chi connectivity index (χ4n) is 5.07. The monoisotopic (exact) mass is 504 g/mol. The van der Waals surface area contributed by atoms with Crippen LogP contribution in [0.5, 0.6) is 5.88 Å². The summed E-state index contributed by atoms with van der Waals surface area (Å²) in [6.45, 7) is 6.86. The number of piperidine rings is 1. The number of carbonyl (C=O) groups is 3. The highest BCUT2D eigenvalue weighted by Crippen LogP contribution is 2.33. The van der Waals surface area contributed by atoms with Crippen molar-refractivity contribution in [1.29, 1.82) is 0 Å². The van der Waals surface area contributed by atoms with Gasteiger partial charge in [-0.15, -0.1) is 0 Å². The summed E-state index contributed by atoms with van der Waals surface area (Å²) in [7, 11) is 0. The van der Waals surface area contributed by atoms with E-state index < -0.39 is 11.9 Å². The van der Waals surface area contributed by atoms with E-state index in [1.807, 2.05) is 37.3 Å². The van der Waals surface area contributed by atoms with Crippen molar-refractivity contribution in [3.63, 3.8) is 0 Å². The third-order valence-electron chi connectivity index (χ3n) is 7.28. The standard InChI is InChI=1S/C28H32N4O5/c1-18-14-21(4-3-20(18)8-9-31-10-12-37-13-11-31)26(34)29-16-19-2-5-23-22(15-19)17-32(28(23)36)24-6-7-25(33)30-27(24)35/h2-5,14-15,17,24,36H,6-13,16H2,1H3,(H,29,34)(H,30,33,35). The summed E-state index contributed by atoms with van der Waals surface area (Å²) in [5.41, 5.74) is 3.84. The zero-order valence-electron chi connectivity index (χ0n) is 21.0. The van der Waals surface area contributed by atoms with Crippen LogP contribution >= 0.6 is 0 Å². The summed E-state index contributed by atoms with van der Waals surface area (Å²) in [5, 5.41) is 17.3. The summed E-state index contributed by atoms with van der Waals surface area (Å²) in [6, 6.07) is 10.7. The summed E-state index contributed by atoms with van der Waals surface area (Å²) >= 11 is 0. The molecule has 3 heterocycles. The van der Waals surface area contributed by atoms with Crippen LogP contribution < -0.4 is 10.6 Å². The zero-order valence-corrected chi connectivity index (χ0v) is 21.0. The maximum absolute atomic E-state index is 12.8. The second-order valence-electron chi connectivity index (χ2n) is 9.78. The number of fused-ring (bicyclic) bond motifs is 1. The lowest BCUT2D eigenvalue weighted by molar-refractivity contribution is -0.135. The Morgan fingerprint density at radius 3 is 2.73 bits per heavy atom. The van der Waals surface area contributed by atoms with E-state index in [0.717, 1.165) is 55.8 Å². The molecule has 0 aliphatic carbocycles. The quantitative estimate of drug-likeness (QED) is 0.426. The molecule has 2 fully saturated rings. The Morgan fingerprint density at radius 1 is 1.16 bits per heavy atom. The number of amides is 3. The van der Waals surface area contributed by atoms with Crippen molar-refractivity contribution in [1.82, 2.24) is 20.1 Å². The van der Waals surface area contributed by atoms with E-state index in [2.05, 4.69) is 15.5 Å². The van der Waals surface area contributed by atoms with Crippen LogP contribution in [0.1, 0.15) is 45.9 Å². The molecular weight excluding hydrogens is 472 g/mol. The minimum absolute atomic E-state index is 0.00994. The van der Waals surface area contributed by atoms with Gasteiger partial charge in [0.25, 0.3) is 5.91 Å². The van der Waals surface area contributed by atoms with E-state index in [4.69, 9.17) is 4.74 Å². The van der Waals surface area contributed by atoms with Crippen molar-refractivity contribution >= 4 is 28.5 Å². The Hall–Kier alpha value is -3.69. The molecule has 0 saturated carbocycles. The molecule has 0 spiro atoms. The molecule has 194 valence electrons. The van der Waals surface area contributed by atoms with Gasteiger partial charge in [0.1, 0.15) is 6.04 Å². The van der Waals surface area contributed by atoms with Gasteiger partial charge in [-0.2, -0.15) is 0 Å². The molecule has 1 unspecified atom stereocenters. The van der Waals surface area contributed by atoms with E-state index in [1.165, 1.54) is 10.1 Å². The molecule has 1 aromatic heterocycles. The number of carbonyl (C=O) groups excluding carboxylic acids is 3. The Labute approximate surface area is 215 Å². The fourth-order valence-corrected chi connectivity index (χ4v) is 5.07. The van der Waals surface area contributed by atoms with Gasteiger partial charge < -0.3 is 19.7 Å². The molecule has 9 heteroatoms. The number of nitrogens with one attached hydrogen (secondary N) is 2. The second kappa shape index (κ2) is 10.7. The molecular formula is C28H32N4O5. The molecule has 5 rings (SSSR count). The molecule has 0 radical (unpaired) electrons. The Balaban J connectivity index is 1.21. The van der Waals surface area contributed by atoms with E-state index in [0.29, 0.717) is 23.9 Å². The van der Waals surface area contributed by atoms with Crippen LogP contribution in [0, 0.1) is 6.92 Å². The van der Waals surface area contributed by atoms with Gasteiger partial charge in [-0.1, -0.05) is 12.1 Å². The lowest BCUT2D eigenvalue weighted by atomic mass is 10.0. The smallest absolute Gasteiger partial charge is 0.251 e. The molecule has 2 aliphatic rings. The molecule has 2 aromatic carbocycles. The number of nitrogens with zero attached hydrogens (tertiary/aromatic N) is 2. The number of rotatable bonds is 7. The highest BCUT2D eigenvalue weighted by Gasteiger charge is 2.30. The van der Waals surface area contributed by atoms with Crippen molar-refractivity contribution < 1.29 is 24.2 Å². The van der Waals surface area contributed by atoms with Gasteiger partial charge in [0.05, 0.1) is 13.2 Å². The molecule has 2 aliphatic heterocycles. The average molecular weight is 505 g/mol. The predicted molar refractivity (Wildman–Crippen MR) is 138 cm³/mol. The Bertz CT molecular complexity index is 1340. The summed E-state index contributed by atoms with van der Waals surface area (Å²) in [6.07, 6.45) is 3.23. The summed E-state index contributed by atoms with van der Waals surface area (Å²) in [4.78, 5) is 38.9. The van der Waals surface area contributed by atoms with E-state index >= 15 is 0 Å². The highest BCUT2D eigenvalue weighted by atomic mass is 16.5. The van der Waals surface area contributed by atoms with E-state index in [9.17, 15) is 19.5 Å². The second-order valence-corrected chi connectivity index (χ2v) is 9.78. The molecule has 3 aromatic rings. The first kappa shape index (κ1) is 25.0. The van der Waals surface area contributed by atoms with Gasteiger partial charge in [0.2, 0.25) is 11.8 Å². The average Bonchev–Trinajstić information content (AvgIpc) is 3.22. The van der Waals surface area contributed by atoms with Crippen LogP contribution in [0.4, 0.5) is 0 Å². The third-order valence-corrected chi connectivity index (χ3v) is 7.28. The van der Waals surface area contributed by atoms with E-state index in [-0.39, 0.29) is 24.1 Å². The molecule has 3 amide bonds. The van der Waals surface area contributed by atoms with Crippen LogP contribution in [0.15, 0.2) is 42.6 Å². The molecule has 37 heavy (non-hydrogen) atoms. The van der Waals surface area contributed by atoms with Crippen LogP contribution in [0.3, 0.4) is 0 Å². The van der Waals surface area contributed by atoms with E-state index in [1.54, 1.807) is 12.3 Å². The van der Waals surface area contributed by atoms with Gasteiger partial charge in [-0.25, -0.2) is 0 Å². The number of aromatic hydroxyl groups is 1.